The zero-order valence-electron chi connectivity index (χ0n) is 10.8. The molecule has 0 saturated heterocycles. The van der Waals surface area contributed by atoms with Crippen molar-refractivity contribution < 1.29 is 14.3 Å². The van der Waals surface area contributed by atoms with E-state index in [2.05, 4.69) is 5.43 Å². The quantitative estimate of drug-likeness (QED) is 0.330. The van der Waals surface area contributed by atoms with Crippen LogP contribution in [-0.2, 0) is 9.53 Å². The number of nitrogens with one attached hydrogen (secondary N) is 1. The predicted octanol–water partition coefficient (Wildman–Crippen LogP) is 1.10. The lowest BCUT2D eigenvalue weighted by Gasteiger charge is -2.21. The van der Waals surface area contributed by atoms with Crippen LogP contribution in [0.15, 0.2) is 30.3 Å². The van der Waals surface area contributed by atoms with Crippen LogP contribution in [0.4, 0.5) is 0 Å². The summed E-state index contributed by atoms with van der Waals surface area (Å²) in [6.45, 7) is 4.72. The standard InChI is InChI=1S/C13H20N2O3/c1-13(2,12(16)15-14)10-17-8-9-18-11-6-4-3-5-7-11/h3-7H,8-10,14H2,1-2H3,(H,15,16). The molecule has 1 amide bonds. The van der Waals surface area contributed by atoms with Crippen LogP contribution in [0.25, 0.3) is 0 Å². The van der Waals surface area contributed by atoms with Gasteiger partial charge < -0.3 is 9.47 Å². The first-order chi connectivity index (χ1) is 8.56. The predicted molar refractivity (Wildman–Crippen MR) is 68.9 cm³/mol. The Labute approximate surface area is 107 Å². The molecule has 0 saturated carbocycles. The van der Waals surface area contributed by atoms with Gasteiger partial charge in [0, 0.05) is 0 Å². The Kier molecular flexibility index (Phi) is 5.61. The van der Waals surface area contributed by atoms with Gasteiger partial charge in [-0.2, -0.15) is 0 Å². The first-order valence-electron chi connectivity index (χ1n) is 5.83. The topological polar surface area (TPSA) is 73.6 Å². The van der Waals surface area contributed by atoms with E-state index in [1.165, 1.54) is 0 Å². The Balaban J connectivity index is 2.17. The number of benzene rings is 1. The number of rotatable bonds is 7. The third-order valence-electron chi connectivity index (χ3n) is 2.45. The lowest BCUT2D eigenvalue weighted by atomic mass is 9.94. The molecule has 1 aromatic rings. The second-order valence-corrected chi connectivity index (χ2v) is 4.57. The van der Waals surface area contributed by atoms with Crippen molar-refractivity contribution in [2.45, 2.75) is 13.8 Å². The van der Waals surface area contributed by atoms with E-state index in [1.54, 1.807) is 13.8 Å². The maximum atomic E-state index is 11.4. The van der Waals surface area contributed by atoms with Crippen LogP contribution in [0.5, 0.6) is 5.75 Å². The highest BCUT2D eigenvalue weighted by atomic mass is 16.5. The van der Waals surface area contributed by atoms with Crippen LogP contribution in [0.3, 0.4) is 0 Å². The van der Waals surface area contributed by atoms with Crippen LogP contribution in [0, 0.1) is 5.41 Å². The molecule has 0 unspecified atom stereocenters. The second kappa shape index (κ2) is 6.98. The third-order valence-corrected chi connectivity index (χ3v) is 2.45. The molecule has 0 heterocycles. The Morgan fingerprint density at radius 3 is 2.56 bits per heavy atom. The van der Waals surface area contributed by atoms with Crippen molar-refractivity contribution >= 4 is 5.91 Å². The molecule has 0 aliphatic carbocycles. The molecule has 0 fully saturated rings. The molecule has 100 valence electrons. The minimum Gasteiger partial charge on any atom is -0.491 e. The second-order valence-electron chi connectivity index (χ2n) is 4.57. The first-order valence-corrected chi connectivity index (χ1v) is 5.83. The summed E-state index contributed by atoms with van der Waals surface area (Å²) < 4.78 is 10.9. The van der Waals surface area contributed by atoms with Gasteiger partial charge in [0.25, 0.3) is 0 Å². The average Bonchev–Trinajstić information content (AvgIpc) is 2.38. The summed E-state index contributed by atoms with van der Waals surface area (Å²) in [5.74, 6) is 5.65. The van der Waals surface area contributed by atoms with Gasteiger partial charge in [0.2, 0.25) is 5.91 Å². The van der Waals surface area contributed by atoms with E-state index in [9.17, 15) is 4.79 Å². The lowest BCUT2D eigenvalue weighted by Crippen LogP contribution is -2.43. The molecule has 0 spiro atoms. The smallest absolute Gasteiger partial charge is 0.241 e. The van der Waals surface area contributed by atoms with E-state index in [4.69, 9.17) is 15.3 Å². The summed E-state index contributed by atoms with van der Waals surface area (Å²) in [4.78, 5) is 11.4. The van der Waals surface area contributed by atoms with E-state index in [-0.39, 0.29) is 5.91 Å². The molecule has 18 heavy (non-hydrogen) atoms. The van der Waals surface area contributed by atoms with E-state index in [0.29, 0.717) is 19.8 Å². The Morgan fingerprint density at radius 1 is 1.28 bits per heavy atom. The van der Waals surface area contributed by atoms with Crippen LogP contribution in [-0.4, -0.2) is 25.7 Å². The SMILES string of the molecule is CC(C)(COCCOc1ccccc1)C(=O)NN. The number of nitrogens with two attached hydrogens (primary N) is 1. The number of carbonyl (C=O) groups excluding carboxylic acids is 1. The fraction of sp³-hybridized carbons (Fsp3) is 0.462. The number of hydrogen-bond donors (Lipinski definition) is 2. The van der Waals surface area contributed by atoms with Crippen molar-refractivity contribution in [1.82, 2.24) is 5.43 Å². The highest BCUT2D eigenvalue weighted by Gasteiger charge is 2.26. The molecule has 1 aromatic carbocycles. The van der Waals surface area contributed by atoms with Gasteiger partial charge in [0.05, 0.1) is 18.6 Å². The van der Waals surface area contributed by atoms with E-state index >= 15 is 0 Å². The molecular formula is C13H20N2O3. The number of para-hydroxylation sites is 1. The van der Waals surface area contributed by atoms with Gasteiger partial charge in [-0.05, 0) is 26.0 Å². The number of amides is 1. The molecule has 0 atom stereocenters. The fourth-order valence-electron chi connectivity index (χ4n) is 1.32. The molecule has 0 aliphatic rings. The Bertz CT molecular complexity index is 366. The number of ether oxygens (including phenoxy) is 2. The summed E-state index contributed by atoms with van der Waals surface area (Å²) >= 11 is 0. The number of hydrazine groups is 1. The Hall–Kier alpha value is -1.59. The highest BCUT2D eigenvalue weighted by molar-refractivity contribution is 5.81. The molecular weight excluding hydrogens is 232 g/mol. The van der Waals surface area contributed by atoms with Gasteiger partial charge in [-0.25, -0.2) is 5.84 Å². The minimum atomic E-state index is -0.637. The fourth-order valence-corrected chi connectivity index (χ4v) is 1.32. The molecule has 0 bridgehead atoms. The number of hydrogen-bond acceptors (Lipinski definition) is 4. The highest BCUT2D eigenvalue weighted by Crippen LogP contribution is 2.15. The van der Waals surface area contributed by atoms with Crippen LogP contribution in [0.1, 0.15) is 13.8 Å². The molecule has 0 radical (unpaired) electrons. The Morgan fingerprint density at radius 2 is 1.94 bits per heavy atom. The van der Waals surface area contributed by atoms with Crippen molar-refractivity contribution in [3.63, 3.8) is 0 Å². The number of carbonyl (C=O) groups is 1. The van der Waals surface area contributed by atoms with Gasteiger partial charge in [0.1, 0.15) is 12.4 Å². The van der Waals surface area contributed by atoms with Crippen molar-refractivity contribution in [2.75, 3.05) is 19.8 Å². The monoisotopic (exact) mass is 252 g/mol. The third kappa shape index (κ3) is 4.73. The molecule has 5 nitrogen and oxygen atoms in total. The molecule has 1 rings (SSSR count). The molecule has 3 N–H and O–H groups in total. The van der Waals surface area contributed by atoms with Crippen LogP contribution >= 0.6 is 0 Å². The average molecular weight is 252 g/mol. The summed E-state index contributed by atoms with van der Waals surface area (Å²) in [6.07, 6.45) is 0. The molecule has 0 aromatic heterocycles. The summed E-state index contributed by atoms with van der Waals surface area (Å²) in [6, 6.07) is 9.50. The lowest BCUT2D eigenvalue weighted by molar-refractivity contribution is -0.132. The normalized spacial score (nSPS) is 11.1. The van der Waals surface area contributed by atoms with Crippen LogP contribution in [0.2, 0.25) is 0 Å². The van der Waals surface area contributed by atoms with Gasteiger partial charge in [0.15, 0.2) is 0 Å². The van der Waals surface area contributed by atoms with Gasteiger partial charge in [-0.15, -0.1) is 0 Å². The van der Waals surface area contributed by atoms with Gasteiger partial charge in [-0.3, -0.25) is 10.2 Å². The van der Waals surface area contributed by atoms with Crippen molar-refractivity contribution in [1.29, 1.82) is 0 Å². The maximum absolute atomic E-state index is 11.4. The maximum Gasteiger partial charge on any atom is 0.241 e. The van der Waals surface area contributed by atoms with E-state index < -0.39 is 5.41 Å². The summed E-state index contributed by atoms with van der Waals surface area (Å²) in [7, 11) is 0. The minimum absolute atomic E-state index is 0.244. The summed E-state index contributed by atoms with van der Waals surface area (Å²) in [5.41, 5.74) is 1.48. The van der Waals surface area contributed by atoms with Gasteiger partial charge >= 0.3 is 0 Å². The van der Waals surface area contributed by atoms with Gasteiger partial charge in [-0.1, -0.05) is 18.2 Å². The van der Waals surface area contributed by atoms with E-state index in [0.717, 1.165) is 5.75 Å². The van der Waals surface area contributed by atoms with Crippen molar-refractivity contribution in [2.24, 2.45) is 11.3 Å². The molecule has 0 aliphatic heterocycles. The first kappa shape index (κ1) is 14.5. The van der Waals surface area contributed by atoms with Crippen molar-refractivity contribution in [3.8, 4) is 5.75 Å². The zero-order chi connectivity index (χ0) is 13.4. The molecule has 5 heteroatoms. The van der Waals surface area contributed by atoms with Crippen molar-refractivity contribution in [3.05, 3.63) is 30.3 Å². The summed E-state index contributed by atoms with van der Waals surface area (Å²) in [5, 5.41) is 0. The van der Waals surface area contributed by atoms with E-state index in [1.807, 2.05) is 30.3 Å². The van der Waals surface area contributed by atoms with Crippen LogP contribution < -0.4 is 16.0 Å². The zero-order valence-corrected chi connectivity index (χ0v) is 10.8. The largest absolute Gasteiger partial charge is 0.491 e.